The second-order valence-electron chi connectivity index (χ2n) is 8.96. The minimum Gasteiger partial charge on any atom is -0.496 e. The van der Waals surface area contributed by atoms with Crippen LogP contribution in [0.3, 0.4) is 0 Å². The van der Waals surface area contributed by atoms with Gasteiger partial charge in [-0.15, -0.1) is 0 Å². The van der Waals surface area contributed by atoms with E-state index in [0.717, 1.165) is 22.4 Å². The Balaban J connectivity index is 1.96. The maximum absolute atomic E-state index is 13.8. The van der Waals surface area contributed by atoms with Crippen molar-refractivity contribution in [1.82, 2.24) is 4.57 Å². The van der Waals surface area contributed by atoms with Crippen molar-refractivity contribution >= 4 is 23.4 Å². The molecule has 0 radical (unpaired) electrons. The Morgan fingerprint density at radius 3 is 2.53 bits per heavy atom. The van der Waals surface area contributed by atoms with Gasteiger partial charge in [0, 0.05) is 0 Å². The number of esters is 1. The smallest absolute Gasteiger partial charge is 0.338 e. The van der Waals surface area contributed by atoms with Crippen LogP contribution in [0.1, 0.15) is 61.9 Å². The lowest BCUT2D eigenvalue weighted by atomic mass is 9.95. The average Bonchev–Trinajstić information content (AvgIpc) is 3.14. The molecule has 8 heteroatoms. The number of rotatable bonds is 6. The lowest BCUT2D eigenvalue weighted by Crippen LogP contribution is -2.40. The van der Waals surface area contributed by atoms with Gasteiger partial charge >= 0.3 is 5.97 Å². The van der Waals surface area contributed by atoms with Crippen LogP contribution < -0.4 is 19.6 Å². The average molecular weight is 509 g/mol. The molecular formula is C28H29FN2O4S. The zero-order chi connectivity index (χ0) is 26.1. The van der Waals surface area contributed by atoms with E-state index < -0.39 is 17.8 Å². The zero-order valence-electron chi connectivity index (χ0n) is 21.2. The number of nitrogens with zero attached hydrogens (tertiary/aromatic N) is 2. The highest BCUT2D eigenvalue weighted by Gasteiger charge is 2.33. The van der Waals surface area contributed by atoms with Gasteiger partial charge in [-0.3, -0.25) is 9.36 Å². The molecule has 0 fully saturated rings. The highest BCUT2D eigenvalue weighted by molar-refractivity contribution is 7.07. The predicted octanol–water partition coefficient (Wildman–Crippen LogP) is 4.38. The first-order valence-electron chi connectivity index (χ1n) is 11.8. The number of carbonyl (C=O) groups excluding carboxylic acids is 1. The second kappa shape index (κ2) is 10.2. The largest absolute Gasteiger partial charge is 0.496 e. The first-order chi connectivity index (χ1) is 17.2. The van der Waals surface area contributed by atoms with E-state index in [1.165, 1.54) is 28.0 Å². The third-order valence-electron chi connectivity index (χ3n) is 6.23. The van der Waals surface area contributed by atoms with Crippen LogP contribution >= 0.6 is 11.3 Å². The molecule has 2 heterocycles. The molecular weight excluding hydrogens is 479 g/mol. The molecule has 0 saturated heterocycles. The third-order valence-corrected chi connectivity index (χ3v) is 7.21. The van der Waals surface area contributed by atoms with Gasteiger partial charge in [0.25, 0.3) is 5.56 Å². The lowest BCUT2D eigenvalue weighted by molar-refractivity contribution is -0.139. The fraction of sp³-hybridized carbons (Fsp3) is 0.321. The molecule has 0 aliphatic carbocycles. The minimum absolute atomic E-state index is 0.186. The number of aromatic nitrogens is 1. The van der Waals surface area contributed by atoms with Gasteiger partial charge in [0.05, 0.1) is 35.6 Å². The molecule has 188 valence electrons. The van der Waals surface area contributed by atoms with Crippen LogP contribution in [0.2, 0.25) is 0 Å². The number of halogens is 1. The van der Waals surface area contributed by atoms with Gasteiger partial charge in [-0.05, 0) is 79.3 Å². The first kappa shape index (κ1) is 25.6. The van der Waals surface area contributed by atoms with Crippen LogP contribution in [0, 0.1) is 12.7 Å². The molecule has 36 heavy (non-hydrogen) atoms. The van der Waals surface area contributed by atoms with Crippen molar-refractivity contribution < 1.29 is 18.7 Å². The van der Waals surface area contributed by atoms with Crippen molar-refractivity contribution in [3.05, 3.63) is 95.4 Å². The summed E-state index contributed by atoms with van der Waals surface area (Å²) in [5, 5.41) is 0. The van der Waals surface area contributed by atoms with Gasteiger partial charge in [0.2, 0.25) is 0 Å². The Morgan fingerprint density at radius 2 is 1.92 bits per heavy atom. The lowest BCUT2D eigenvalue weighted by Gasteiger charge is -2.24. The SMILES string of the molecule is CCOC(=O)C1=C(C)N=c2s/c(=C/c3cc(C(C)C)c(OC)cc3C)c(=O)n2[C@@H]1c1ccc(F)cc1. The molecule has 3 aromatic rings. The summed E-state index contributed by atoms with van der Waals surface area (Å²) in [6.45, 7) is 9.78. The van der Waals surface area contributed by atoms with E-state index in [0.29, 0.717) is 20.6 Å². The number of hydrogen-bond acceptors (Lipinski definition) is 6. The monoisotopic (exact) mass is 508 g/mol. The highest BCUT2D eigenvalue weighted by Crippen LogP contribution is 2.32. The Bertz CT molecular complexity index is 1530. The van der Waals surface area contributed by atoms with Gasteiger partial charge in [0.1, 0.15) is 11.6 Å². The molecule has 0 saturated carbocycles. The van der Waals surface area contributed by atoms with Gasteiger partial charge < -0.3 is 9.47 Å². The van der Waals surface area contributed by atoms with Gasteiger partial charge in [-0.2, -0.15) is 0 Å². The number of benzene rings is 2. The molecule has 1 atom stereocenters. The summed E-state index contributed by atoms with van der Waals surface area (Å²) in [7, 11) is 1.65. The number of fused-ring (bicyclic) bond motifs is 1. The van der Waals surface area contributed by atoms with E-state index in [1.807, 2.05) is 25.1 Å². The molecule has 0 N–H and O–H groups in total. The van der Waals surface area contributed by atoms with E-state index in [-0.39, 0.29) is 23.7 Å². The highest BCUT2D eigenvalue weighted by atomic mass is 32.1. The van der Waals surface area contributed by atoms with E-state index in [1.54, 1.807) is 33.1 Å². The summed E-state index contributed by atoms with van der Waals surface area (Å²) in [5.41, 5.74) is 3.99. The Kier molecular flexibility index (Phi) is 7.26. The standard InChI is InChI=1S/C28H29FN2O4S/c1-7-35-27(33)24-17(5)30-28-31(25(24)18-8-10-20(29)11-9-18)26(32)23(36-28)14-19-13-21(15(2)3)22(34-6)12-16(19)4/h8-15,25H,7H2,1-6H3/b23-14+/t25-/m1/s1. The first-order valence-corrected chi connectivity index (χ1v) is 12.6. The maximum Gasteiger partial charge on any atom is 0.338 e. The van der Waals surface area contributed by atoms with Gasteiger partial charge in [-0.1, -0.05) is 37.3 Å². The topological polar surface area (TPSA) is 69.9 Å². The number of ether oxygens (including phenoxy) is 2. The molecule has 1 aliphatic rings. The summed E-state index contributed by atoms with van der Waals surface area (Å²) in [6.07, 6.45) is 1.86. The van der Waals surface area contributed by atoms with Crippen molar-refractivity contribution in [2.24, 2.45) is 4.99 Å². The van der Waals surface area contributed by atoms with Crippen LogP contribution in [-0.4, -0.2) is 24.3 Å². The van der Waals surface area contributed by atoms with E-state index >= 15 is 0 Å². The number of hydrogen-bond donors (Lipinski definition) is 0. The predicted molar refractivity (Wildman–Crippen MR) is 139 cm³/mol. The summed E-state index contributed by atoms with van der Waals surface area (Å²) in [6, 6.07) is 9.04. The quantitative estimate of drug-likeness (QED) is 0.464. The summed E-state index contributed by atoms with van der Waals surface area (Å²) in [5.74, 6) is 0.102. The van der Waals surface area contributed by atoms with Gasteiger partial charge in [-0.25, -0.2) is 14.2 Å². The molecule has 0 amide bonds. The molecule has 2 aromatic carbocycles. The zero-order valence-corrected chi connectivity index (χ0v) is 22.0. The van der Waals surface area contributed by atoms with Gasteiger partial charge in [0.15, 0.2) is 4.80 Å². The van der Waals surface area contributed by atoms with Crippen molar-refractivity contribution in [2.45, 2.75) is 46.6 Å². The molecule has 0 unspecified atom stereocenters. The molecule has 6 nitrogen and oxygen atoms in total. The van der Waals surface area contributed by atoms with E-state index in [2.05, 4.69) is 18.8 Å². The number of thiazole rings is 1. The van der Waals surface area contributed by atoms with Crippen LogP contribution in [0.5, 0.6) is 5.75 Å². The fourth-order valence-electron chi connectivity index (χ4n) is 4.39. The summed E-state index contributed by atoms with van der Waals surface area (Å²) in [4.78, 5) is 31.8. The van der Waals surface area contributed by atoms with E-state index in [9.17, 15) is 14.0 Å². The summed E-state index contributed by atoms with van der Waals surface area (Å²) < 4.78 is 26.5. The molecule has 0 spiro atoms. The molecule has 0 bridgehead atoms. The number of aryl methyl sites for hydroxylation is 1. The van der Waals surface area contributed by atoms with Crippen LogP contribution in [0.15, 0.2) is 57.5 Å². The Hall–Kier alpha value is -3.52. The van der Waals surface area contributed by atoms with Crippen LogP contribution in [-0.2, 0) is 9.53 Å². The van der Waals surface area contributed by atoms with Crippen molar-refractivity contribution in [2.75, 3.05) is 13.7 Å². The summed E-state index contributed by atoms with van der Waals surface area (Å²) >= 11 is 1.26. The number of methoxy groups -OCH3 is 1. The van der Waals surface area contributed by atoms with Crippen LogP contribution in [0.4, 0.5) is 4.39 Å². The normalized spacial score (nSPS) is 15.7. The number of carbonyl (C=O) groups is 1. The van der Waals surface area contributed by atoms with Crippen molar-refractivity contribution in [3.8, 4) is 5.75 Å². The van der Waals surface area contributed by atoms with Crippen LogP contribution in [0.25, 0.3) is 6.08 Å². The molecule has 4 rings (SSSR count). The molecule has 1 aromatic heterocycles. The van der Waals surface area contributed by atoms with E-state index in [4.69, 9.17) is 9.47 Å². The minimum atomic E-state index is -0.772. The number of allylic oxidation sites excluding steroid dienone is 1. The molecule has 1 aliphatic heterocycles. The third kappa shape index (κ3) is 4.65. The Labute approximate surface area is 213 Å². The maximum atomic E-state index is 13.8. The fourth-order valence-corrected chi connectivity index (χ4v) is 5.43. The second-order valence-corrected chi connectivity index (χ2v) is 9.97. The van der Waals surface area contributed by atoms with Crippen molar-refractivity contribution in [1.29, 1.82) is 0 Å². The van der Waals surface area contributed by atoms with Crippen molar-refractivity contribution in [3.63, 3.8) is 0 Å². The Morgan fingerprint density at radius 1 is 1.22 bits per heavy atom.